The van der Waals surface area contributed by atoms with E-state index in [1.807, 2.05) is 12.1 Å². The van der Waals surface area contributed by atoms with E-state index < -0.39 is 5.91 Å². The smallest absolute Gasteiger partial charge is 0.254 e. The van der Waals surface area contributed by atoms with Crippen molar-refractivity contribution in [2.75, 3.05) is 37.9 Å². The zero-order valence-corrected chi connectivity index (χ0v) is 19.6. The van der Waals surface area contributed by atoms with Crippen molar-refractivity contribution in [1.29, 1.82) is 0 Å². The van der Waals surface area contributed by atoms with E-state index in [2.05, 4.69) is 43.9 Å². The average Bonchev–Trinajstić information content (AvgIpc) is 2.84. The number of benzene rings is 2. The molecule has 1 aromatic heterocycles. The molecule has 0 aliphatic carbocycles. The van der Waals surface area contributed by atoms with Gasteiger partial charge in [-0.15, -0.1) is 0 Å². The lowest BCUT2D eigenvalue weighted by Gasteiger charge is -2.26. The van der Waals surface area contributed by atoms with E-state index in [9.17, 15) is 9.59 Å². The summed E-state index contributed by atoms with van der Waals surface area (Å²) in [5.41, 5.74) is 11.1. The number of amides is 2. The molecular formula is C25H27N7O3. The third-order valence-electron chi connectivity index (χ3n) is 6.36. The molecule has 10 heteroatoms. The van der Waals surface area contributed by atoms with Gasteiger partial charge in [0.25, 0.3) is 11.8 Å². The molecule has 5 N–H and O–H groups in total. The number of fused-ring (bicyclic) bond motifs is 2. The Hall–Kier alpha value is -4.18. The van der Waals surface area contributed by atoms with Crippen molar-refractivity contribution in [2.24, 2.45) is 5.73 Å². The summed E-state index contributed by atoms with van der Waals surface area (Å²) in [4.78, 5) is 35.5. The van der Waals surface area contributed by atoms with Gasteiger partial charge in [-0.2, -0.15) is 4.98 Å². The van der Waals surface area contributed by atoms with E-state index in [1.165, 1.54) is 17.3 Å². The molecule has 0 radical (unpaired) electrons. The topological polar surface area (TPSA) is 134 Å². The Morgan fingerprint density at radius 1 is 1.17 bits per heavy atom. The highest BCUT2D eigenvalue weighted by atomic mass is 16.5. The number of ether oxygens (including phenoxy) is 1. The van der Waals surface area contributed by atoms with E-state index >= 15 is 0 Å². The first kappa shape index (κ1) is 22.6. The number of aromatic nitrogens is 2. The normalized spacial score (nSPS) is 15.0. The van der Waals surface area contributed by atoms with Crippen molar-refractivity contribution in [3.63, 3.8) is 0 Å². The van der Waals surface area contributed by atoms with Gasteiger partial charge < -0.3 is 31.3 Å². The zero-order valence-electron chi connectivity index (χ0n) is 19.6. The minimum absolute atomic E-state index is 0.125. The molecule has 2 aliphatic heterocycles. The summed E-state index contributed by atoms with van der Waals surface area (Å²) < 4.78 is 5.61. The van der Waals surface area contributed by atoms with Crippen LogP contribution in [-0.2, 0) is 19.4 Å². The number of nitrogens with two attached hydrogens (primary N) is 1. The Labute approximate surface area is 202 Å². The quantitative estimate of drug-likeness (QED) is 0.429. The van der Waals surface area contributed by atoms with Crippen molar-refractivity contribution in [2.45, 2.75) is 19.4 Å². The molecule has 0 spiro atoms. The Bertz CT molecular complexity index is 1320. The van der Waals surface area contributed by atoms with E-state index in [-0.39, 0.29) is 23.2 Å². The number of hydrogen-bond acceptors (Lipinski definition) is 8. The molecule has 180 valence electrons. The number of carbonyl (C=O) groups is 2. The fourth-order valence-corrected chi connectivity index (χ4v) is 4.54. The molecule has 3 aromatic rings. The lowest BCUT2D eigenvalue weighted by Crippen LogP contribution is -2.32. The predicted octanol–water partition coefficient (Wildman–Crippen LogP) is 2.35. The molecule has 0 bridgehead atoms. The zero-order chi connectivity index (χ0) is 24.5. The monoisotopic (exact) mass is 473 g/mol. The maximum absolute atomic E-state index is 12.2. The van der Waals surface area contributed by atoms with E-state index in [0.29, 0.717) is 30.0 Å². The highest BCUT2D eigenvalue weighted by Crippen LogP contribution is 2.33. The number of nitrogens with zero attached hydrogens (tertiary/aromatic N) is 3. The van der Waals surface area contributed by atoms with Crippen LogP contribution in [-0.4, -0.2) is 53.9 Å². The second-order valence-electron chi connectivity index (χ2n) is 8.72. The van der Waals surface area contributed by atoms with Crippen molar-refractivity contribution in [3.8, 4) is 5.75 Å². The van der Waals surface area contributed by atoms with Crippen LogP contribution in [0.25, 0.3) is 0 Å². The van der Waals surface area contributed by atoms with Crippen LogP contribution in [0.3, 0.4) is 0 Å². The fraction of sp³-hybridized carbons (Fsp3) is 0.280. The van der Waals surface area contributed by atoms with Crippen molar-refractivity contribution in [3.05, 3.63) is 64.3 Å². The van der Waals surface area contributed by atoms with Crippen molar-refractivity contribution < 1.29 is 14.3 Å². The lowest BCUT2D eigenvalue weighted by atomic mass is 9.98. The van der Waals surface area contributed by atoms with Crippen LogP contribution in [0, 0.1) is 0 Å². The first-order valence-corrected chi connectivity index (χ1v) is 11.4. The number of primary amides is 1. The third-order valence-corrected chi connectivity index (χ3v) is 6.36. The van der Waals surface area contributed by atoms with Gasteiger partial charge in [0.2, 0.25) is 5.95 Å². The maximum Gasteiger partial charge on any atom is 0.254 e. The number of likely N-dealkylation sites (N-methyl/N-ethyl adjacent to an activating group) is 1. The second-order valence-corrected chi connectivity index (χ2v) is 8.72. The van der Waals surface area contributed by atoms with E-state index in [0.717, 1.165) is 30.8 Å². The largest absolute Gasteiger partial charge is 0.495 e. The minimum Gasteiger partial charge on any atom is -0.495 e. The standard InChI is InChI=1S/C25H27N7O3/c1-32-9-7-14-11-21(35-2)20(10-15(14)13-32)30-25-28-12-18(22(26)33)23(31-25)29-19-5-3-4-17-16(19)6-8-27-24(17)34/h3-5,10-12H,6-9,13H2,1-2H3,(H2,26,33)(H,27,34)(H2,28,29,30,31). The van der Waals surface area contributed by atoms with E-state index in [1.54, 1.807) is 19.2 Å². The van der Waals surface area contributed by atoms with Gasteiger partial charge in [-0.25, -0.2) is 4.98 Å². The van der Waals surface area contributed by atoms with Crippen LogP contribution < -0.4 is 26.4 Å². The van der Waals surface area contributed by atoms with E-state index in [4.69, 9.17) is 10.5 Å². The van der Waals surface area contributed by atoms with Gasteiger partial charge >= 0.3 is 0 Å². The molecule has 2 amide bonds. The highest BCUT2D eigenvalue weighted by molar-refractivity contribution is 6.00. The Kier molecular flexibility index (Phi) is 5.96. The van der Waals surface area contributed by atoms with Gasteiger partial charge in [0.05, 0.1) is 12.8 Å². The first-order chi connectivity index (χ1) is 16.9. The highest BCUT2D eigenvalue weighted by Gasteiger charge is 2.22. The summed E-state index contributed by atoms with van der Waals surface area (Å²) >= 11 is 0. The molecule has 2 aliphatic rings. The molecule has 2 aromatic carbocycles. The number of methoxy groups -OCH3 is 1. The van der Waals surface area contributed by atoms with Gasteiger partial charge in [0, 0.05) is 37.1 Å². The fourth-order valence-electron chi connectivity index (χ4n) is 4.54. The molecule has 0 atom stereocenters. The van der Waals surface area contributed by atoms with Crippen LogP contribution in [0.4, 0.5) is 23.1 Å². The summed E-state index contributed by atoms with van der Waals surface area (Å²) in [5.74, 6) is 0.443. The molecule has 0 fully saturated rings. The average molecular weight is 474 g/mol. The molecule has 3 heterocycles. The van der Waals surface area contributed by atoms with Crippen LogP contribution in [0.15, 0.2) is 36.5 Å². The summed E-state index contributed by atoms with van der Waals surface area (Å²) in [7, 11) is 3.72. The number of anilines is 4. The molecule has 35 heavy (non-hydrogen) atoms. The van der Waals surface area contributed by atoms with Crippen LogP contribution >= 0.6 is 0 Å². The Balaban J connectivity index is 1.50. The summed E-state index contributed by atoms with van der Waals surface area (Å²) in [6.45, 7) is 2.38. The minimum atomic E-state index is -0.656. The number of nitrogens with one attached hydrogen (secondary N) is 3. The van der Waals surface area contributed by atoms with Gasteiger partial charge in [0.15, 0.2) is 0 Å². The summed E-state index contributed by atoms with van der Waals surface area (Å²) in [5, 5.41) is 9.27. The van der Waals surface area contributed by atoms with Crippen LogP contribution in [0.2, 0.25) is 0 Å². The Morgan fingerprint density at radius 2 is 2.03 bits per heavy atom. The molecule has 0 unspecified atom stereocenters. The molecule has 0 saturated carbocycles. The predicted molar refractivity (Wildman–Crippen MR) is 133 cm³/mol. The van der Waals surface area contributed by atoms with Gasteiger partial charge in [0.1, 0.15) is 17.1 Å². The van der Waals surface area contributed by atoms with Gasteiger partial charge in [-0.1, -0.05) is 6.07 Å². The van der Waals surface area contributed by atoms with Gasteiger partial charge in [-0.3, -0.25) is 9.59 Å². The van der Waals surface area contributed by atoms with Crippen LogP contribution in [0.5, 0.6) is 5.75 Å². The number of carbonyl (C=O) groups excluding carboxylic acids is 2. The Morgan fingerprint density at radius 3 is 2.83 bits per heavy atom. The maximum atomic E-state index is 12.2. The lowest BCUT2D eigenvalue weighted by molar-refractivity contribution is 0.0944. The molecule has 0 saturated heterocycles. The SMILES string of the molecule is COc1cc2c(cc1Nc1ncc(C(N)=O)c(Nc3cccc4c3CCNC4=O)n1)CN(C)CC2. The summed E-state index contributed by atoms with van der Waals surface area (Å²) in [6.07, 6.45) is 3.01. The third kappa shape index (κ3) is 4.47. The van der Waals surface area contributed by atoms with Crippen LogP contribution in [0.1, 0.15) is 37.4 Å². The molecule has 10 nitrogen and oxygen atoms in total. The molecular weight excluding hydrogens is 446 g/mol. The second kappa shape index (κ2) is 9.22. The van der Waals surface area contributed by atoms with Crippen molar-refractivity contribution in [1.82, 2.24) is 20.2 Å². The number of hydrogen-bond donors (Lipinski definition) is 4. The molecule has 5 rings (SSSR count). The van der Waals surface area contributed by atoms with Crippen molar-refractivity contribution >= 4 is 35.0 Å². The first-order valence-electron chi connectivity index (χ1n) is 11.4. The summed E-state index contributed by atoms with van der Waals surface area (Å²) in [6, 6.07) is 9.50. The van der Waals surface area contributed by atoms with Gasteiger partial charge in [-0.05, 0) is 60.8 Å². The number of rotatable bonds is 6.